The first-order valence-corrected chi connectivity index (χ1v) is 7.11. The van der Waals surface area contributed by atoms with Gasteiger partial charge in [0, 0.05) is 23.5 Å². The van der Waals surface area contributed by atoms with Crippen molar-refractivity contribution < 1.29 is 5.11 Å². The topological polar surface area (TPSA) is 47.3 Å². The van der Waals surface area contributed by atoms with Crippen LogP contribution in [0.2, 0.25) is 0 Å². The fourth-order valence-electron chi connectivity index (χ4n) is 3.32. The van der Waals surface area contributed by atoms with Crippen LogP contribution >= 0.6 is 15.9 Å². The predicted molar refractivity (Wildman–Crippen MR) is 73.3 cm³/mol. The highest BCUT2D eigenvalue weighted by molar-refractivity contribution is 9.10. The molecule has 2 fully saturated rings. The van der Waals surface area contributed by atoms with Gasteiger partial charge in [-0.15, -0.1) is 0 Å². The highest BCUT2D eigenvalue weighted by Gasteiger charge is 2.42. The molecule has 4 heteroatoms. The normalized spacial score (nSPS) is 30.3. The quantitative estimate of drug-likeness (QED) is 0.867. The maximum Gasteiger partial charge on any atom is 0.103 e. The van der Waals surface area contributed by atoms with Crippen molar-refractivity contribution in [3.63, 3.8) is 0 Å². The molecule has 3 rings (SSSR count). The summed E-state index contributed by atoms with van der Waals surface area (Å²) in [6.07, 6.45) is 1.89. The van der Waals surface area contributed by atoms with Gasteiger partial charge in [-0.25, -0.2) is 0 Å². The second-order valence-corrected chi connectivity index (χ2v) is 6.07. The number of anilines is 1. The molecule has 1 aliphatic carbocycles. The molecule has 1 aromatic carbocycles. The summed E-state index contributed by atoms with van der Waals surface area (Å²) < 4.78 is 0.847. The van der Waals surface area contributed by atoms with E-state index >= 15 is 0 Å². The Hall–Kier alpha value is -1.05. The van der Waals surface area contributed by atoms with Gasteiger partial charge >= 0.3 is 0 Å². The van der Waals surface area contributed by atoms with Crippen molar-refractivity contribution in [2.75, 3.05) is 18.0 Å². The number of nitriles is 1. The van der Waals surface area contributed by atoms with E-state index in [1.54, 1.807) is 0 Å². The van der Waals surface area contributed by atoms with Gasteiger partial charge in [0.05, 0.1) is 17.4 Å². The molecular weight excluding hydrogens is 292 g/mol. The van der Waals surface area contributed by atoms with E-state index in [-0.39, 0.29) is 6.10 Å². The predicted octanol–water partition coefficient (Wildman–Crippen LogP) is 2.53. The van der Waals surface area contributed by atoms with Gasteiger partial charge in [-0.05, 0) is 46.8 Å². The molecule has 3 nitrogen and oxygen atoms in total. The fraction of sp³-hybridized carbons (Fsp3) is 0.500. The second-order valence-electron chi connectivity index (χ2n) is 5.22. The highest BCUT2D eigenvalue weighted by atomic mass is 79.9. The molecule has 3 unspecified atom stereocenters. The van der Waals surface area contributed by atoms with Crippen molar-refractivity contribution in [2.24, 2.45) is 11.8 Å². The standard InChI is InChI=1S/C14H15BrN2O/c15-12-2-1-3-13(10(12)6-16)17-7-9-4-5-14(18)11(9)8-17/h1-3,9,11,14,18H,4-5,7-8H2. The van der Waals surface area contributed by atoms with Crippen LogP contribution in [0.4, 0.5) is 5.69 Å². The number of halogens is 1. The van der Waals surface area contributed by atoms with Crippen LogP contribution in [-0.2, 0) is 0 Å². The van der Waals surface area contributed by atoms with Gasteiger partial charge in [-0.3, -0.25) is 0 Å². The minimum absolute atomic E-state index is 0.155. The van der Waals surface area contributed by atoms with E-state index in [2.05, 4.69) is 26.9 Å². The Morgan fingerprint density at radius 3 is 2.89 bits per heavy atom. The Bertz CT molecular complexity index is 511. The summed E-state index contributed by atoms with van der Waals surface area (Å²) in [7, 11) is 0. The van der Waals surface area contributed by atoms with Crippen LogP contribution in [0.15, 0.2) is 22.7 Å². The van der Waals surface area contributed by atoms with Crippen molar-refractivity contribution in [3.05, 3.63) is 28.2 Å². The molecular formula is C14H15BrN2O. The van der Waals surface area contributed by atoms with Gasteiger partial charge in [-0.2, -0.15) is 5.26 Å². The van der Waals surface area contributed by atoms with Crippen molar-refractivity contribution in [2.45, 2.75) is 18.9 Å². The zero-order valence-electron chi connectivity index (χ0n) is 10.0. The summed E-state index contributed by atoms with van der Waals surface area (Å²) in [4.78, 5) is 2.25. The Morgan fingerprint density at radius 1 is 1.33 bits per heavy atom. The number of benzene rings is 1. The number of nitrogens with zero attached hydrogens (tertiary/aromatic N) is 2. The molecule has 1 N–H and O–H groups in total. The average molecular weight is 307 g/mol. The van der Waals surface area contributed by atoms with E-state index in [9.17, 15) is 10.4 Å². The number of hydrogen-bond donors (Lipinski definition) is 1. The third kappa shape index (κ3) is 1.82. The zero-order valence-corrected chi connectivity index (χ0v) is 11.6. The van der Waals surface area contributed by atoms with Crippen LogP contribution in [0, 0.1) is 23.2 Å². The molecule has 2 aliphatic rings. The van der Waals surface area contributed by atoms with Gasteiger partial charge < -0.3 is 10.0 Å². The lowest BCUT2D eigenvalue weighted by Gasteiger charge is -2.22. The van der Waals surface area contributed by atoms with Crippen LogP contribution in [0.3, 0.4) is 0 Å². The summed E-state index contributed by atoms with van der Waals surface area (Å²) in [5.41, 5.74) is 1.69. The van der Waals surface area contributed by atoms with Crippen LogP contribution in [-0.4, -0.2) is 24.3 Å². The lowest BCUT2D eigenvalue weighted by Crippen LogP contribution is -2.25. The van der Waals surface area contributed by atoms with Crippen LogP contribution in [0.25, 0.3) is 0 Å². The molecule has 0 spiro atoms. The Morgan fingerprint density at radius 2 is 2.17 bits per heavy atom. The number of fused-ring (bicyclic) bond motifs is 1. The zero-order chi connectivity index (χ0) is 12.7. The maximum atomic E-state index is 9.94. The molecule has 94 valence electrons. The molecule has 18 heavy (non-hydrogen) atoms. The monoisotopic (exact) mass is 306 g/mol. The Balaban J connectivity index is 1.90. The lowest BCUT2D eigenvalue weighted by atomic mass is 10.00. The Kier molecular flexibility index (Phi) is 3.04. The van der Waals surface area contributed by atoms with Crippen molar-refractivity contribution >= 4 is 21.6 Å². The molecule has 1 heterocycles. The number of hydrogen-bond acceptors (Lipinski definition) is 3. The van der Waals surface area contributed by atoms with E-state index < -0.39 is 0 Å². The summed E-state index contributed by atoms with van der Waals surface area (Å²) in [5.74, 6) is 0.973. The first kappa shape index (κ1) is 12.0. The minimum atomic E-state index is -0.155. The molecule has 1 aliphatic heterocycles. The summed E-state index contributed by atoms with van der Waals surface area (Å²) >= 11 is 3.43. The summed E-state index contributed by atoms with van der Waals surface area (Å²) in [5, 5.41) is 19.2. The molecule has 0 radical (unpaired) electrons. The van der Waals surface area contributed by atoms with E-state index in [0.29, 0.717) is 17.4 Å². The van der Waals surface area contributed by atoms with Crippen molar-refractivity contribution in [1.29, 1.82) is 5.26 Å². The number of aliphatic hydroxyl groups is 1. The van der Waals surface area contributed by atoms with Crippen molar-refractivity contribution in [1.82, 2.24) is 0 Å². The highest BCUT2D eigenvalue weighted by Crippen LogP contribution is 2.41. The van der Waals surface area contributed by atoms with Gasteiger partial charge in [-0.1, -0.05) is 6.07 Å². The first-order valence-electron chi connectivity index (χ1n) is 6.32. The molecule has 0 amide bonds. The molecule has 0 bridgehead atoms. The smallest absolute Gasteiger partial charge is 0.103 e. The lowest BCUT2D eigenvalue weighted by molar-refractivity contribution is 0.133. The van der Waals surface area contributed by atoms with E-state index in [0.717, 1.165) is 36.1 Å². The third-order valence-electron chi connectivity index (χ3n) is 4.26. The first-order chi connectivity index (χ1) is 8.70. The van der Waals surface area contributed by atoms with Crippen LogP contribution < -0.4 is 4.90 Å². The number of aliphatic hydroxyl groups excluding tert-OH is 1. The number of rotatable bonds is 1. The van der Waals surface area contributed by atoms with Crippen LogP contribution in [0.5, 0.6) is 0 Å². The molecule has 1 aromatic rings. The largest absolute Gasteiger partial charge is 0.393 e. The summed E-state index contributed by atoms with van der Waals surface area (Å²) in [6, 6.07) is 8.12. The van der Waals surface area contributed by atoms with Gasteiger partial charge in [0.1, 0.15) is 6.07 Å². The van der Waals surface area contributed by atoms with E-state index in [1.807, 2.05) is 18.2 Å². The molecule has 1 saturated heterocycles. The SMILES string of the molecule is N#Cc1c(Br)cccc1N1CC2CCC(O)C2C1. The maximum absolute atomic E-state index is 9.94. The van der Waals surface area contributed by atoms with Crippen LogP contribution in [0.1, 0.15) is 18.4 Å². The minimum Gasteiger partial charge on any atom is -0.393 e. The van der Waals surface area contributed by atoms with E-state index in [4.69, 9.17) is 0 Å². The molecule has 3 atom stereocenters. The average Bonchev–Trinajstić information content (AvgIpc) is 2.92. The Labute approximate surface area is 115 Å². The van der Waals surface area contributed by atoms with Crippen molar-refractivity contribution in [3.8, 4) is 6.07 Å². The van der Waals surface area contributed by atoms with Gasteiger partial charge in [0.2, 0.25) is 0 Å². The summed E-state index contributed by atoms with van der Waals surface area (Å²) in [6.45, 7) is 1.84. The van der Waals surface area contributed by atoms with Gasteiger partial charge in [0.15, 0.2) is 0 Å². The van der Waals surface area contributed by atoms with E-state index in [1.165, 1.54) is 0 Å². The fourth-order valence-corrected chi connectivity index (χ4v) is 3.76. The molecule has 0 aromatic heterocycles. The van der Waals surface area contributed by atoms with Gasteiger partial charge in [0.25, 0.3) is 0 Å². The second kappa shape index (κ2) is 4.56. The third-order valence-corrected chi connectivity index (χ3v) is 4.92. The molecule has 1 saturated carbocycles.